The van der Waals surface area contributed by atoms with Gasteiger partial charge in [-0.2, -0.15) is 0 Å². The summed E-state index contributed by atoms with van der Waals surface area (Å²) in [4.78, 5) is 30.6. The van der Waals surface area contributed by atoms with Gasteiger partial charge in [0.25, 0.3) is 0 Å². The van der Waals surface area contributed by atoms with E-state index in [9.17, 15) is 9.59 Å². The first kappa shape index (κ1) is 35.7. The molecule has 0 aliphatic heterocycles. The summed E-state index contributed by atoms with van der Waals surface area (Å²) in [6.45, 7) is 13.5. The summed E-state index contributed by atoms with van der Waals surface area (Å²) in [7, 11) is 0. The van der Waals surface area contributed by atoms with Crippen LogP contribution in [0.1, 0.15) is 73.6 Å². The van der Waals surface area contributed by atoms with Crippen LogP contribution in [-0.4, -0.2) is 11.6 Å². The van der Waals surface area contributed by atoms with Gasteiger partial charge in [0.2, 0.25) is 0 Å². The largest absolute Gasteiger partial charge is 0.289 e. The quantitative estimate of drug-likeness (QED) is 0.176. The predicted octanol–water partition coefficient (Wildman–Crippen LogP) is 12.8. The lowest BCUT2D eigenvalue weighted by Crippen LogP contribution is -2.14. The molecule has 0 saturated heterocycles. The summed E-state index contributed by atoms with van der Waals surface area (Å²) < 4.78 is 0. The zero-order chi connectivity index (χ0) is 37.3. The standard InChI is InChI=1S/C50H44O2S/c1-49(2,3)45(37-29-39(33-19-11-7-12-20-33)47(51)40(30-37)34-21-13-8-14-22-34)43-27-28-44(53-43)46(50(4,5)6)38-31-41(35-23-15-9-16-24-35)48(52)42(32-38)36-25-17-10-18-26-36/h7-32H,1-6H3. The van der Waals surface area contributed by atoms with Gasteiger partial charge >= 0.3 is 0 Å². The smallest absolute Gasteiger partial charge is 0.194 e. The third-order valence-corrected chi connectivity index (χ3v) is 10.8. The summed E-state index contributed by atoms with van der Waals surface area (Å²) in [5.74, 6) is 0.0554. The zero-order valence-corrected chi connectivity index (χ0v) is 32.1. The Morgan fingerprint density at radius 2 is 0.623 bits per heavy atom. The number of hydrogen-bond acceptors (Lipinski definition) is 3. The Balaban J connectivity index is 1.46. The second-order valence-electron chi connectivity index (χ2n) is 15.7. The third-order valence-electron chi connectivity index (χ3n) is 9.69. The molecule has 262 valence electrons. The van der Waals surface area contributed by atoms with Gasteiger partial charge in [0, 0.05) is 32.0 Å². The zero-order valence-electron chi connectivity index (χ0n) is 31.2. The first-order chi connectivity index (χ1) is 25.4. The molecule has 3 heteroatoms. The van der Waals surface area contributed by atoms with Crippen LogP contribution in [0, 0.1) is 10.8 Å². The Labute approximate surface area is 318 Å². The summed E-state index contributed by atoms with van der Waals surface area (Å²) in [5, 5.41) is 0. The van der Waals surface area contributed by atoms with E-state index in [-0.39, 0.29) is 22.4 Å². The minimum absolute atomic E-state index is 0.0277. The molecule has 2 nitrogen and oxygen atoms in total. The number of allylic oxidation sites excluding steroid dienone is 12. The second-order valence-corrected chi connectivity index (χ2v) is 16.8. The van der Waals surface area contributed by atoms with E-state index in [4.69, 9.17) is 0 Å². The second kappa shape index (κ2) is 14.4. The molecule has 0 N–H and O–H groups in total. The van der Waals surface area contributed by atoms with Crippen molar-refractivity contribution in [3.63, 3.8) is 0 Å². The average Bonchev–Trinajstić information content (AvgIpc) is 3.61. The van der Waals surface area contributed by atoms with E-state index in [1.807, 2.05) is 121 Å². The van der Waals surface area contributed by atoms with Crippen molar-refractivity contribution < 1.29 is 9.59 Å². The monoisotopic (exact) mass is 708 g/mol. The number of Topliss-reactive ketones (excluding diaryl/α,β-unsaturated/α-hetero) is 2. The molecule has 0 radical (unpaired) electrons. The van der Waals surface area contributed by atoms with E-state index in [1.54, 1.807) is 11.3 Å². The first-order valence-corrected chi connectivity index (χ1v) is 19.0. The van der Waals surface area contributed by atoms with E-state index in [0.29, 0.717) is 22.3 Å². The number of thiophene rings is 1. The van der Waals surface area contributed by atoms with Gasteiger partial charge in [-0.25, -0.2) is 0 Å². The molecule has 5 aromatic rings. The highest BCUT2D eigenvalue weighted by atomic mass is 32.1. The van der Waals surface area contributed by atoms with Gasteiger partial charge in [0.05, 0.1) is 0 Å². The molecule has 0 unspecified atom stereocenters. The van der Waals surface area contributed by atoms with Crippen LogP contribution in [0.2, 0.25) is 0 Å². The summed E-state index contributed by atoms with van der Waals surface area (Å²) in [6.07, 6.45) is 8.35. The lowest BCUT2D eigenvalue weighted by atomic mass is 9.77. The van der Waals surface area contributed by atoms with Crippen molar-refractivity contribution in [2.45, 2.75) is 41.5 Å². The highest BCUT2D eigenvalue weighted by Crippen LogP contribution is 2.48. The minimum atomic E-state index is -0.249. The Hall–Kier alpha value is -5.64. The van der Waals surface area contributed by atoms with E-state index in [1.165, 1.54) is 11.1 Å². The van der Waals surface area contributed by atoms with Crippen molar-refractivity contribution in [1.82, 2.24) is 0 Å². The molecule has 0 saturated carbocycles. The Bertz CT molecular complexity index is 2090. The molecule has 2 aliphatic carbocycles. The number of hydrogen-bond donors (Lipinski definition) is 0. The third kappa shape index (κ3) is 7.36. The lowest BCUT2D eigenvalue weighted by Gasteiger charge is -2.28. The molecule has 0 fully saturated rings. The van der Waals surface area contributed by atoms with Crippen LogP contribution in [-0.2, 0) is 9.59 Å². The SMILES string of the molecule is CC(C)(C)C(=C1C=C(c2ccccc2)C(=O)C(c2ccccc2)=C1)c1ccc(C(=C2C=C(c3ccccc3)C(=O)C(c3ccccc3)=C2)C(C)(C)C)s1. The Morgan fingerprint density at radius 3 is 0.849 bits per heavy atom. The normalized spacial score (nSPS) is 15.1. The van der Waals surface area contributed by atoms with Gasteiger partial charge in [-0.3, -0.25) is 9.59 Å². The van der Waals surface area contributed by atoms with E-state index >= 15 is 0 Å². The Kier molecular flexibility index (Phi) is 9.72. The van der Waals surface area contributed by atoms with Crippen LogP contribution in [0.5, 0.6) is 0 Å². The summed E-state index contributed by atoms with van der Waals surface area (Å²) in [5.41, 5.74) is 10.4. The molecule has 4 aromatic carbocycles. The maximum atomic E-state index is 14.1. The fourth-order valence-electron chi connectivity index (χ4n) is 7.37. The van der Waals surface area contributed by atoms with Gasteiger partial charge in [0.1, 0.15) is 0 Å². The number of rotatable bonds is 6. The van der Waals surface area contributed by atoms with Gasteiger partial charge in [-0.05, 0) is 91.8 Å². The molecule has 0 amide bonds. The number of benzene rings is 4. The van der Waals surface area contributed by atoms with E-state index in [0.717, 1.165) is 43.2 Å². The van der Waals surface area contributed by atoms with Crippen molar-refractivity contribution in [3.05, 3.63) is 201 Å². The van der Waals surface area contributed by atoms with Crippen LogP contribution in [0.25, 0.3) is 33.4 Å². The van der Waals surface area contributed by atoms with Crippen LogP contribution in [0.4, 0.5) is 0 Å². The van der Waals surface area contributed by atoms with Crippen LogP contribution in [0.3, 0.4) is 0 Å². The molecule has 2 aliphatic rings. The van der Waals surface area contributed by atoms with Crippen molar-refractivity contribution in [1.29, 1.82) is 0 Å². The number of ketones is 2. The van der Waals surface area contributed by atoms with Crippen molar-refractivity contribution >= 4 is 56.3 Å². The molecule has 0 bridgehead atoms. The Morgan fingerprint density at radius 1 is 0.377 bits per heavy atom. The summed E-state index contributed by atoms with van der Waals surface area (Å²) >= 11 is 1.78. The first-order valence-electron chi connectivity index (χ1n) is 18.2. The molecular weight excluding hydrogens is 665 g/mol. The number of carbonyl (C=O) groups is 2. The van der Waals surface area contributed by atoms with Gasteiger partial charge in [-0.15, -0.1) is 11.3 Å². The van der Waals surface area contributed by atoms with E-state index < -0.39 is 0 Å². The molecule has 0 spiro atoms. The van der Waals surface area contributed by atoms with Crippen LogP contribution in [0.15, 0.2) is 169 Å². The van der Waals surface area contributed by atoms with Crippen molar-refractivity contribution in [3.8, 4) is 0 Å². The average molecular weight is 709 g/mol. The highest BCUT2D eigenvalue weighted by Gasteiger charge is 2.32. The maximum absolute atomic E-state index is 14.1. The molecular formula is C50H44O2S. The fourth-order valence-corrected chi connectivity index (χ4v) is 8.93. The van der Waals surface area contributed by atoms with Crippen LogP contribution >= 0.6 is 11.3 Å². The molecule has 1 heterocycles. The highest BCUT2D eigenvalue weighted by molar-refractivity contribution is 7.14. The van der Waals surface area contributed by atoms with Gasteiger partial charge in [-0.1, -0.05) is 163 Å². The maximum Gasteiger partial charge on any atom is 0.194 e. The van der Waals surface area contributed by atoms with Gasteiger partial charge < -0.3 is 0 Å². The van der Waals surface area contributed by atoms with Crippen molar-refractivity contribution in [2.24, 2.45) is 10.8 Å². The molecule has 1 aromatic heterocycles. The topological polar surface area (TPSA) is 34.1 Å². The summed E-state index contributed by atoms with van der Waals surface area (Å²) in [6, 6.07) is 44.4. The predicted molar refractivity (Wildman–Crippen MR) is 225 cm³/mol. The van der Waals surface area contributed by atoms with E-state index in [2.05, 4.69) is 78.0 Å². The van der Waals surface area contributed by atoms with Gasteiger partial charge in [0.15, 0.2) is 11.6 Å². The molecule has 53 heavy (non-hydrogen) atoms. The van der Waals surface area contributed by atoms with Crippen molar-refractivity contribution in [2.75, 3.05) is 0 Å². The minimum Gasteiger partial charge on any atom is -0.289 e. The fraction of sp³-hybridized carbons (Fsp3) is 0.160. The molecule has 0 atom stereocenters. The number of carbonyl (C=O) groups excluding carboxylic acids is 2. The molecule has 7 rings (SSSR count). The van der Waals surface area contributed by atoms with Crippen LogP contribution < -0.4 is 0 Å². The lowest BCUT2D eigenvalue weighted by molar-refractivity contribution is -0.109.